The smallest absolute Gasteiger partial charge is 0.0474 e. The Bertz CT molecular complexity index is 203. The lowest BCUT2D eigenvalue weighted by molar-refractivity contribution is 0.142. The van der Waals surface area contributed by atoms with Gasteiger partial charge in [0.05, 0.1) is 0 Å². The molecule has 0 radical (unpaired) electrons. The van der Waals surface area contributed by atoms with E-state index in [0.29, 0.717) is 18.6 Å². The molecule has 3 atom stereocenters. The second-order valence-electron chi connectivity index (χ2n) is 5.73. The second-order valence-corrected chi connectivity index (χ2v) is 5.73. The van der Waals surface area contributed by atoms with Crippen molar-refractivity contribution in [2.75, 3.05) is 6.61 Å². The number of hydrogen-bond acceptors (Lipinski definition) is 2. The number of hydrogen-bond donors (Lipinski definition) is 2. The largest absolute Gasteiger partial charge is 0.396 e. The first-order valence-electron chi connectivity index (χ1n) is 7.22. The molecule has 94 valence electrons. The Morgan fingerprint density at radius 1 is 1.19 bits per heavy atom. The topological polar surface area (TPSA) is 32.3 Å². The molecule has 16 heavy (non-hydrogen) atoms. The summed E-state index contributed by atoms with van der Waals surface area (Å²) in [5.41, 5.74) is 0. The quantitative estimate of drug-likeness (QED) is 0.728. The van der Waals surface area contributed by atoms with Crippen molar-refractivity contribution in [2.45, 2.75) is 70.4 Å². The Morgan fingerprint density at radius 3 is 2.56 bits per heavy atom. The van der Waals surface area contributed by atoms with Crippen LogP contribution in [0.1, 0.15) is 58.3 Å². The first-order chi connectivity index (χ1) is 7.85. The van der Waals surface area contributed by atoms with Gasteiger partial charge in [-0.3, -0.25) is 0 Å². The van der Waals surface area contributed by atoms with Crippen LogP contribution in [-0.2, 0) is 0 Å². The number of aliphatic hydroxyl groups is 1. The zero-order chi connectivity index (χ0) is 11.4. The molecule has 2 nitrogen and oxygen atoms in total. The molecule has 0 aliphatic heterocycles. The van der Waals surface area contributed by atoms with E-state index in [1.165, 1.54) is 51.4 Å². The first-order valence-corrected chi connectivity index (χ1v) is 7.22. The maximum atomic E-state index is 9.42. The summed E-state index contributed by atoms with van der Waals surface area (Å²) in [5.74, 6) is 1.47. The zero-order valence-electron chi connectivity index (χ0n) is 10.6. The van der Waals surface area contributed by atoms with Gasteiger partial charge in [0.25, 0.3) is 0 Å². The molecule has 2 N–H and O–H groups in total. The van der Waals surface area contributed by atoms with Crippen LogP contribution in [0.5, 0.6) is 0 Å². The van der Waals surface area contributed by atoms with E-state index in [9.17, 15) is 5.11 Å². The fourth-order valence-corrected chi connectivity index (χ4v) is 3.19. The third-order valence-corrected chi connectivity index (χ3v) is 4.36. The van der Waals surface area contributed by atoms with Gasteiger partial charge in [-0.25, -0.2) is 0 Å². The minimum atomic E-state index is 0.376. The maximum Gasteiger partial charge on any atom is 0.0474 e. The van der Waals surface area contributed by atoms with Gasteiger partial charge in [-0.1, -0.05) is 26.2 Å². The van der Waals surface area contributed by atoms with E-state index in [2.05, 4.69) is 12.2 Å². The van der Waals surface area contributed by atoms with E-state index in [1.807, 2.05) is 0 Å². The second kappa shape index (κ2) is 6.02. The highest BCUT2D eigenvalue weighted by Gasteiger charge is 2.34. The fourth-order valence-electron chi connectivity index (χ4n) is 3.19. The third kappa shape index (κ3) is 3.21. The predicted molar refractivity (Wildman–Crippen MR) is 67.4 cm³/mol. The van der Waals surface area contributed by atoms with Gasteiger partial charge in [0, 0.05) is 18.7 Å². The van der Waals surface area contributed by atoms with Crippen molar-refractivity contribution in [2.24, 2.45) is 11.8 Å². The molecule has 0 heterocycles. The molecular formula is C14H27NO. The molecule has 2 aliphatic carbocycles. The van der Waals surface area contributed by atoms with Crippen molar-refractivity contribution in [3.63, 3.8) is 0 Å². The fraction of sp³-hybridized carbons (Fsp3) is 1.00. The van der Waals surface area contributed by atoms with Gasteiger partial charge in [0.15, 0.2) is 0 Å². The molecule has 2 rings (SSSR count). The Balaban J connectivity index is 1.84. The van der Waals surface area contributed by atoms with Crippen molar-refractivity contribution in [3.8, 4) is 0 Å². The number of aliphatic hydroxyl groups excluding tert-OH is 1. The van der Waals surface area contributed by atoms with Crippen LogP contribution in [0.25, 0.3) is 0 Å². The van der Waals surface area contributed by atoms with Crippen LogP contribution in [0, 0.1) is 11.8 Å². The Hall–Kier alpha value is -0.0800. The summed E-state index contributed by atoms with van der Waals surface area (Å²) in [6.45, 7) is 2.66. The number of rotatable bonds is 6. The van der Waals surface area contributed by atoms with Gasteiger partial charge in [0.1, 0.15) is 0 Å². The molecule has 2 fully saturated rings. The number of nitrogens with one attached hydrogen (secondary N) is 1. The summed E-state index contributed by atoms with van der Waals surface area (Å²) >= 11 is 0. The van der Waals surface area contributed by atoms with Crippen LogP contribution in [0.2, 0.25) is 0 Å². The highest BCUT2D eigenvalue weighted by Crippen LogP contribution is 2.36. The molecule has 0 aromatic carbocycles. The summed E-state index contributed by atoms with van der Waals surface area (Å²) in [4.78, 5) is 0. The first kappa shape index (κ1) is 12.4. The Labute approximate surface area is 99.8 Å². The molecule has 0 aromatic heterocycles. The Morgan fingerprint density at radius 2 is 1.94 bits per heavy atom. The summed E-state index contributed by atoms with van der Waals surface area (Å²) in [7, 11) is 0. The van der Waals surface area contributed by atoms with E-state index in [0.717, 1.165) is 12.0 Å². The summed E-state index contributed by atoms with van der Waals surface area (Å²) in [6.07, 6.45) is 10.6. The molecule has 0 saturated heterocycles. The van der Waals surface area contributed by atoms with Crippen LogP contribution in [-0.4, -0.2) is 23.8 Å². The van der Waals surface area contributed by atoms with Gasteiger partial charge in [-0.2, -0.15) is 0 Å². The molecule has 2 aliphatic rings. The van der Waals surface area contributed by atoms with E-state index in [1.54, 1.807) is 0 Å². The SMILES string of the molecule is CCCC(NC1CCCCC1CO)C1CC1. The van der Waals surface area contributed by atoms with Gasteiger partial charge in [-0.15, -0.1) is 0 Å². The van der Waals surface area contributed by atoms with E-state index < -0.39 is 0 Å². The summed E-state index contributed by atoms with van der Waals surface area (Å²) in [5, 5.41) is 13.3. The lowest BCUT2D eigenvalue weighted by atomic mass is 9.84. The maximum absolute atomic E-state index is 9.42. The van der Waals surface area contributed by atoms with Crippen molar-refractivity contribution < 1.29 is 5.11 Å². The minimum Gasteiger partial charge on any atom is -0.396 e. The summed E-state index contributed by atoms with van der Waals surface area (Å²) in [6, 6.07) is 1.33. The average Bonchev–Trinajstić information content (AvgIpc) is 3.13. The third-order valence-electron chi connectivity index (χ3n) is 4.36. The van der Waals surface area contributed by atoms with E-state index in [-0.39, 0.29) is 0 Å². The van der Waals surface area contributed by atoms with Crippen LogP contribution < -0.4 is 5.32 Å². The lowest BCUT2D eigenvalue weighted by Crippen LogP contribution is -2.46. The molecule has 0 amide bonds. The summed E-state index contributed by atoms with van der Waals surface area (Å²) < 4.78 is 0. The molecule has 2 saturated carbocycles. The van der Waals surface area contributed by atoms with Crippen molar-refractivity contribution in [1.82, 2.24) is 5.32 Å². The lowest BCUT2D eigenvalue weighted by Gasteiger charge is -2.34. The van der Waals surface area contributed by atoms with Gasteiger partial charge >= 0.3 is 0 Å². The molecular weight excluding hydrogens is 198 g/mol. The zero-order valence-corrected chi connectivity index (χ0v) is 10.6. The minimum absolute atomic E-state index is 0.376. The van der Waals surface area contributed by atoms with Gasteiger partial charge in [0.2, 0.25) is 0 Å². The molecule has 0 spiro atoms. The molecule has 0 aromatic rings. The van der Waals surface area contributed by atoms with Crippen LogP contribution in [0.15, 0.2) is 0 Å². The normalized spacial score (nSPS) is 32.6. The average molecular weight is 225 g/mol. The van der Waals surface area contributed by atoms with Crippen molar-refractivity contribution in [1.29, 1.82) is 0 Å². The van der Waals surface area contributed by atoms with Crippen molar-refractivity contribution >= 4 is 0 Å². The van der Waals surface area contributed by atoms with Crippen LogP contribution in [0.3, 0.4) is 0 Å². The van der Waals surface area contributed by atoms with Gasteiger partial charge in [-0.05, 0) is 43.9 Å². The van der Waals surface area contributed by atoms with Gasteiger partial charge < -0.3 is 10.4 Å². The van der Waals surface area contributed by atoms with Crippen LogP contribution >= 0.6 is 0 Å². The van der Waals surface area contributed by atoms with Crippen LogP contribution in [0.4, 0.5) is 0 Å². The standard InChI is InChI=1S/C14H27NO/c1-2-5-13(11-8-9-11)15-14-7-4-3-6-12(14)10-16/h11-16H,2-10H2,1H3. The Kier molecular flexibility index (Phi) is 4.66. The molecule has 2 heteroatoms. The monoisotopic (exact) mass is 225 g/mol. The molecule has 3 unspecified atom stereocenters. The van der Waals surface area contributed by atoms with Crippen molar-refractivity contribution in [3.05, 3.63) is 0 Å². The molecule has 0 bridgehead atoms. The predicted octanol–water partition coefficient (Wildman–Crippen LogP) is 2.71. The highest BCUT2D eigenvalue weighted by atomic mass is 16.3. The van der Waals surface area contributed by atoms with E-state index >= 15 is 0 Å². The van der Waals surface area contributed by atoms with E-state index in [4.69, 9.17) is 0 Å². The highest BCUT2D eigenvalue weighted by molar-refractivity contribution is 4.91.